The number of hydrogen-bond acceptors (Lipinski definition) is 3. The summed E-state index contributed by atoms with van der Waals surface area (Å²) in [5.41, 5.74) is 1.02. The predicted octanol–water partition coefficient (Wildman–Crippen LogP) is 3.48. The van der Waals surface area contributed by atoms with Crippen molar-refractivity contribution in [3.8, 4) is 6.07 Å². The molecule has 1 N–H and O–H groups in total. The van der Waals surface area contributed by atoms with Gasteiger partial charge in [-0.1, -0.05) is 17.8 Å². The molecule has 0 saturated carbocycles. The van der Waals surface area contributed by atoms with E-state index < -0.39 is 11.6 Å². The van der Waals surface area contributed by atoms with E-state index in [1.165, 1.54) is 17.8 Å². The van der Waals surface area contributed by atoms with Crippen molar-refractivity contribution < 1.29 is 13.9 Å². The van der Waals surface area contributed by atoms with Gasteiger partial charge in [-0.25, -0.2) is 8.78 Å². The highest BCUT2D eigenvalue weighted by Gasteiger charge is 2.08. The Morgan fingerprint density at radius 1 is 1.11 bits per heavy atom. The largest absolute Gasteiger partial charge is 0.392 e. The highest BCUT2D eigenvalue weighted by molar-refractivity contribution is 7.99. The average Bonchev–Trinajstić information content (AvgIpc) is 2.43. The zero-order valence-corrected chi connectivity index (χ0v) is 10.5. The zero-order chi connectivity index (χ0) is 13.8. The van der Waals surface area contributed by atoms with E-state index in [4.69, 9.17) is 10.4 Å². The SMILES string of the molecule is N#Cc1cc(CO)ccc1Sc1ccc(F)c(F)c1. The molecular weight excluding hydrogens is 268 g/mol. The van der Waals surface area contributed by atoms with Gasteiger partial charge >= 0.3 is 0 Å². The fraction of sp³-hybridized carbons (Fsp3) is 0.0714. The maximum absolute atomic E-state index is 13.1. The minimum Gasteiger partial charge on any atom is -0.392 e. The number of nitrogens with zero attached hydrogens (tertiary/aromatic N) is 1. The minimum atomic E-state index is -0.921. The van der Waals surface area contributed by atoms with Crippen molar-refractivity contribution in [2.24, 2.45) is 0 Å². The second-order valence-electron chi connectivity index (χ2n) is 3.78. The van der Waals surface area contributed by atoms with Crippen LogP contribution in [0.15, 0.2) is 46.2 Å². The molecule has 0 radical (unpaired) electrons. The molecule has 2 aromatic carbocycles. The van der Waals surface area contributed by atoms with Crippen molar-refractivity contribution in [3.05, 3.63) is 59.2 Å². The molecule has 0 amide bonds. The van der Waals surface area contributed by atoms with Crippen molar-refractivity contribution in [1.29, 1.82) is 5.26 Å². The molecule has 5 heteroatoms. The lowest BCUT2D eigenvalue weighted by Gasteiger charge is -2.06. The lowest BCUT2D eigenvalue weighted by Crippen LogP contribution is -1.88. The van der Waals surface area contributed by atoms with Gasteiger partial charge in [0.2, 0.25) is 0 Å². The van der Waals surface area contributed by atoms with Gasteiger partial charge in [0.05, 0.1) is 12.2 Å². The van der Waals surface area contributed by atoms with Crippen LogP contribution >= 0.6 is 11.8 Å². The van der Waals surface area contributed by atoms with Gasteiger partial charge < -0.3 is 5.11 Å². The molecule has 2 rings (SSSR count). The quantitative estimate of drug-likeness (QED) is 0.934. The normalized spacial score (nSPS) is 10.2. The van der Waals surface area contributed by atoms with Gasteiger partial charge in [0.15, 0.2) is 11.6 Å². The maximum Gasteiger partial charge on any atom is 0.159 e. The summed E-state index contributed by atoms with van der Waals surface area (Å²) in [7, 11) is 0. The van der Waals surface area contributed by atoms with Gasteiger partial charge in [0.1, 0.15) is 6.07 Å². The highest BCUT2D eigenvalue weighted by atomic mass is 32.2. The Morgan fingerprint density at radius 2 is 1.89 bits per heavy atom. The second-order valence-corrected chi connectivity index (χ2v) is 4.89. The van der Waals surface area contributed by atoms with E-state index in [0.29, 0.717) is 20.9 Å². The van der Waals surface area contributed by atoms with Crippen LogP contribution in [0.4, 0.5) is 8.78 Å². The van der Waals surface area contributed by atoms with Gasteiger partial charge in [0.25, 0.3) is 0 Å². The summed E-state index contributed by atoms with van der Waals surface area (Å²) in [6.07, 6.45) is 0. The van der Waals surface area contributed by atoms with Crippen molar-refractivity contribution in [2.45, 2.75) is 16.4 Å². The fourth-order valence-corrected chi connectivity index (χ4v) is 2.42. The smallest absolute Gasteiger partial charge is 0.159 e. The molecular formula is C14H9F2NOS. The molecule has 0 aliphatic carbocycles. The van der Waals surface area contributed by atoms with Gasteiger partial charge in [-0.05, 0) is 35.9 Å². The van der Waals surface area contributed by atoms with Crippen molar-refractivity contribution in [3.63, 3.8) is 0 Å². The number of aliphatic hydroxyl groups is 1. The van der Waals surface area contributed by atoms with Crippen LogP contribution in [0, 0.1) is 23.0 Å². The molecule has 0 saturated heterocycles. The van der Waals surface area contributed by atoms with Gasteiger partial charge in [-0.2, -0.15) is 5.26 Å². The monoisotopic (exact) mass is 277 g/mol. The van der Waals surface area contributed by atoms with Crippen LogP contribution in [-0.2, 0) is 6.61 Å². The Hall–Kier alpha value is -1.90. The number of hydrogen-bond donors (Lipinski definition) is 1. The summed E-state index contributed by atoms with van der Waals surface area (Å²) in [4.78, 5) is 1.14. The molecule has 2 aromatic rings. The van der Waals surface area contributed by atoms with E-state index in [-0.39, 0.29) is 6.61 Å². The molecule has 19 heavy (non-hydrogen) atoms. The minimum absolute atomic E-state index is 0.148. The average molecular weight is 277 g/mol. The van der Waals surface area contributed by atoms with Gasteiger partial charge in [-0.3, -0.25) is 0 Å². The number of nitriles is 1. The molecule has 0 atom stereocenters. The molecule has 0 heterocycles. The summed E-state index contributed by atoms with van der Waals surface area (Å²) in [6, 6.07) is 10.5. The molecule has 2 nitrogen and oxygen atoms in total. The number of benzene rings is 2. The van der Waals surface area contributed by atoms with Crippen LogP contribution in [0.3, 0.4) is 0 Å². The van der Waals surface area contributed by atoms with Crippen LogP contribution in [0.2, 0.25) is 0 Å². The first-order chi connectivity index (χ1) is 9.13. The molecule has 0 bridgehead atoms. The van der Waals surface area contributed by atoms with E-state index in [2.05, 4.69) is 0 Å². The summed E-state index contributed by atoms with van der Waals surface area (Å²) in [5, 5.41) is 18.0. The molecule has 0 aliphatic rings. The molecule has 0 unspecified atom stereocenters. The Morgan fingerprint density at radius 3 is 2.53 bits per heavy atom. The van der Waals surface area contributed by atoms with Crippen molar-refractivity contribution >= 4 is 11.8 Å². The number of aliphatic hydroxyl groups excluding tert-OH is 1. The molecule has 96 valence electrons. The van der Waals surface area contributed by atoms with E-state index in [1.807, 2.05) is 6.07 Å². The van der Waals surface area contributed by atoms with Crippen LogP contribution < -0.4 is 0 Å². The van der Waals surface area contributed by atoms with Crippen LogP contribution in [0.5, 0.6) is 0 Å². The zero-order valence-electron chi connectivity index (χ0n) is 9.73. The van der Waals surface area contributed by atoms with E-state index in [0.717, 1.165) is 12.1 Å². The Kier molecular flexibility index (Phi) is 4.15. The third-order valence-corrected chi connectivity index (χ3v) is 3.53. The highest BCUT2D eigenvalue weighted by Crippen LogP contribution is 2.31. The van der Waals surface area contributed by atoms with Crippen molar-refractivity contribution in [1.82, 2.24) is 0 Å². The maximum atomic E-state index is 13.1. The predicted molar refractivity (Wildman–Crippen MR) is 67.6 cm³/mol. The summed E-state index contributed by atoms with van der Waals surface area (Å²) >= 11 is 1.17. The first-order valence-corrected chi connectivity index (χ1v) is 6.22. The van der Waals surface area contributed by atoms with Crippen molar-refractivity contribution in [2.75, 3.05) is 0 Å². The Labute approximate surface area is 113 Å². The van der Waals surface area contributed by atoms with E-state index in [9.17, 15) is 8.78 Å². The van der Waals surface area contributed by atoms with Gasteiger partial charge in [-0.15, -0.1) is 0 Å². The second kappa shape index (κ2) is 5.83. The Bertz CT molecular complexity index is 652. The molecule has 0 aromatic heterocycles. The first kappa shape index (κ1) is 13.5. The summed E-state index contributed by atoms with van der Waals surface area (Å²) in [6.45, 7) is -0.148. The van der Waals surface area contributed by atoms with Crippen LogP contribution in [-0.4, -0.2) is 5.11 Å². The lowest BCUT2D eigenvalue weighted by atomic mass is 10.1. The van der Waals surface area contributed by atoms with Crippen LogP contribution in [0.1, 0.15) is 11.1 Å². The van der Waals surface area contributed by atoms with E-state index in [1.54, 1.807) is 18.2 Å². The third kappa shape index (κ3) is 3.11. The number of rotatable bonds is 3. The first-order valence-electron chi connectivity index (χ1n) is 5.41. The molecule has 0 aliphatic heterocycles. The fourth-order valence-electron chi connectivity index (χ4n) is 1.52. The van der Waals surface area contributed by atoms with E-state index >= 15 is 0 Å². The van der Waals surface area contributed by atoms with Crippen LogP contribution in [0.25, 0.3) is 0 Å². The standard InChI is InChI=1S/C14H9F2NOS/c15-12-3-2-11(6-13(12)16)19-14-4-1-9(8-18)5-10(14)7-17/h1-6,18H,8H2. The Balaban J connectivity index is 2.33. The number of halogens is 2. The molecule has 0 spiro atoms. The van der Waals surface area contributed by atoms with Gasteiger partial charge in [0, 0.05) is 9.79 Å². The summed E-state index contributed by atoms with van der Waals surface area (Å²) < 4.78 is 25.9. The topological polar surface area (TPSA) is 44.0 Å². The lowest BCUT2D eigenvalue weighted by molar-refractivity contribution is 0.281. The molecule has 0 fully saturated rings. The summed E-state index contributed by atoms with van der Waals surface area (Å²) in [5.74, 6) is -1.82. The third-order valence-electron chi connectivity index (χ3n) is 2.47.